The van der Waals surface area contributed by atoms with Crippen molar-refractivity contribution in [2.45, 2.75) is 42.8 Å². The van der Waals surface area contributed by atoms with E-state index in [9.17, 15) is 8.42 Å². The lowest BCUT2D eigenvalue weighted by atomic mass is 10.2. The van der Waals surface area contributed by atoms with Gasteiger partial charge in [0.25, 0.3) is 0 Å². The maximum absolute atomic E-state index is 12.3. The van der Waals surface area contributed by atoms with E-state index in [-0.39, 0.29) is 10.9 Å². The highest BCUT2D eigenvalue weighted by atomic mass is 35.5. The van der Waals surface area contributed by atoms with Gasteiger partial charge in [-0.2, -0.15) is 11.8 Å². The van der Waals surface area contributed by atoms with E-state index in [4.69, 9.17) is 11.6 Å². The van der Waals surface area contributed by atoms with Crippen molar-refractivity contribution in [1.29, 1.82) is 0 Å². The molecule has 0 bridgehead atoms. The molecule has 1 atom stereocenters. The van der Waals surface area contributed by atoms with Gasteiger partial charge >= 0.3 is 0 Å². The van der Waals surface area contributed by atoms with Crippen LogP contribution in [0.25, 0.3) is 0 Å². The fourth-order valence-corrected chi connectivity index (χ4v) is 5.16. The predicted octanol–water partition coefficient (Wildman–Crippen LogP) is 2.38. The molecular formula is C14H19ClN2O2S2. The first-order valence-corrected chi connectivity index (χ1v) is 10.2. The Balaban J connectivity index is 1.70. The van der Waals surface area contributed by atoms with Crippen LogP contribution >= 0.6 is 23.4 Å². The van der Waals surface area contributed by atoms with Crippen molar-refractivity contribution in [2.75, 3.05) is 11.5 Å². The largest absolute Gasteiger partial charge is 0.310 e. The molecule has 116 valence electrons. The third kappa shape index (κ3) is 4.13. The van der Waals surface area contributed by atoms with E-state index in [2.05, 4.69) is 10.0 Å². The third-order valence-electron chi connectivity index (χ3n) is 3.74. The molecule has 1 saturated carbocycles. The molecule has 0 amide bonds. The summed E-state index contributed by atoms with van der Waals surface area (Å²) in [5, 5.41) is 3.88. The Labute approximate surface area is 135 Å². The highest BCUT2D eigenvalue weighted by Gasteiger charge is 2.24. The van der Waals surface area contributed by atoms with Crippen molar-refractivity contribution in [2.24, 2.45) is 0 Å². The minimum atomic E-state index is -3.47. The van der Waals surface area contributed by atoms with Crippen molar-refractivity contribution in [3.8, 4) is 0 Å². The quantitative estimate of drug-likeness (QED) is 0.830. The molecule has 7 heteroatoms. The molecule has 1 aliphatic heterocycles. The first-order chi connectivity index (χ1) is 10.0. The van der Waals surface area contributed by atoms with Crippen LogP contribution in [0.2, 0.25) is 5.02 Å². The molecule has 3 rings (SSSR count). The predicted molar refractivity (Wildman–Crippen MR) is 87.4 cm³/mol. The van der Waals surface area contributed by atoms with E-state index in [1.807, 2.05) is 0 Å². The number of thioether (sulfide) groups is 1. The zero-order chi connectivity index (χ0) is 14.9. The standard InChI is InChI=1S/C14H19ClN2O2S2/c15-14-7-13(4-1-10(14)8-16-11-2-3-11)21(18,19)17-12-5-6-20-9-12/h1,4,7,11-12,16-17H,2-3,5-6,8-9H2. The molecule has 1 unspecified atom stereocenters. The monoisotopic (exact) mass is 346 g/mol. The Kier molecular flexibility index (Phi) is 4.81. The van der Waals surface area contributed by atoms with E-state index in [0.717, 1.165) is 23.5 Å². The van der Waals surface area contributed by atoms with Crippen molar-refractivity contribution in [1.82, 2.24) is 10.0 Å². The maximum atomic E-state index is 12.3. The highest BCUT2D eigenvalue weighted by molar-refractivity contribution is 7.99. The van der Waals surface area contributed by atoms with Gasteiger partial charge in [-0.25, -0.2) is 13.1 Å². The lowest BCUT2D eigenvalue weighted by Crippen LogP contribution is -2.34. The van der Waals surface area contributed by atoms with Gasteiger partial charge in [0.05, 0.1) is 4.90 Å². The molecule has 1 saturated heterocycles. The first kappa shape index (κ1) is 15.6. The Hall–Kier alpha value is -0.270. The van der Waals surface area contributed by atoms with Gasteiger partial charge in [0, 0.05) is 29.4 Å². The van der Waals surface area contributed by atoms with E-state index >= 15 is 0 Å². The maximum Gasteiger partial charge on any atom is 0.240 e. The zero-order valence-electron chi connectivity index (χ0n) is 11.6. The summed E-state index contributed by atoms with van der Waals surface area (Å²) >= 11 is 8.00. The van der Waals surface area contributed by atoms with Crippen LogP contribution in [0.1, 0.15) is 24.8 Å². The van der Waals surface area contributed by atoms with Crippen LogP contribution in [0.4, 0.5) is 0 Å². The molecular weight excluding hydrogens is 328 g/mol. The number of benzene rings is 1. The van der Waals surface area contributed by atoms with Crippen LogP contribution in [-0.4, -0.2) is 32.0 Å². The van der Waals surface area contributed by atoms with E-state index in [1.165, 1.54) is 12.8 Å². The van der Waals surface area contributed by atoms with Crippen LogP contribution in [0.5, 0.6) is 0 Å². The van der Waals surface area contributed by atoms with Crippen LogP contribution in [0, 0.1) is 0 Å². The fraction of sp³-hybridized carbons (Fsp3) is 0.571. The van der Waals surface area contributed by atoms with E-state index in [0.29, 0.717) is 17.6 Å². The summed E-state index contributed by atoms with van der Waals surface area (Å²) < 4.78 is 27.4. The number of hydrogen-bond acceptors (Lipinski definition) is 4. The second-order valence-electron chi connectivity index (χ2n) is 5.59. The van der Waals surface area contributed by atoms with Crippen LogP contribution < -0.4 is 10.0 Å². The molecule has 2 aliphatic rings. The molecule has 0 spiro atoms. The number of rotatable bonds is 6. The molecule has 1 aromatic carbocycles. The van der Waals surface area contributed by atoms with Gasteiger partial charge in [-0.1, -0.05) is 17.7 Å². The lowest BCUT2D eigenvalue weighted by molar-refractivity contribution is 0.563. The summed E-state index contributed by atoms with van der Waals surface area (Å²) in [7, 11) is -3.47. The van der Waals surface area contributed by atoms with Gasteiger partial charge in [-0.05, 0) is 42.7 Å². The Morgan fingerprint density at radius 3 is 2.67 bits per heavy atom. The van der Waals surface area contributed by atoms with Crippen LogP contribution in [-0.2, 0) is 16.6 Å². The third-order valence-corrected chi connectivity index (χ3v) is 6.78. The Morgan fingerprint density at radius 1 is 1.24 bits per heavy atom. The Bertz CT molecular complexity index is 611. The first-order valence-electron chi connectivity index (χ1n) is 7.16. The van der Waals surface area contributed by atoms with Crippen molar-refractivity contribution in [3.05, 3.63) is 28.8 Å². The molecule has 1 aliphatic carbocycles. The van der Waals surface area contributed by atoms with E-state index < -0.39 is 10.0 Å². The van der Waals surface area contributed by atoms with Gasteiger partial charge in [-0.3, -0.25) is 0 Å². The molecule has 4 nitrogen and oxygen atoms in total. The summed E-state index contributed by atoms with van der Waals surface area (Å²) in [6.07, 6.45) is 3.32. The highest BCUT2D eigenvalue weighted by Crippen LogP contribution is 2.25. The number of halogens is 1. The summed E-state index contributed by atoms with van der Waals surface area (Å²) in [6, 6.07) is 5.63. The summed E-state index contributed by atoms with van der Waals surface area (Å²) in [5.41, 5.74) is 0.943. The average molecular weight is 347 g/mol. The normalized spacial score (nSPS) is 22.6. The van der Waals surface area contributed by atoms with Gasteiger partial charge in [0.1, 0.15) is 0 Å². The van der Waals surface area contributed by atoms with Crippen LogP contribution in [0.3, 0.4) is 0 Å². The van der Waals surface area contributed by atoms with Crippen molar-refractivity contribution in [3.63, 3.8) is 0 Å². The number of nitrogens with one attached hydrogen (secondary N) is 2. The Morgan fingerprint density at radius 2 is 2.05 bits per heavy atom. The van der Waals surface area contributed by atoms with E-state index in [1.54, 1.807) is 30.0 Å². The van der Waals surface area contributed by atoms with Gasteiger partial charge in [0.15, 0.2) is 0 Å². The van der Waals surface area contributed by atoms with Gasteiger partial charge < -0.3 is 5.32 Å². The molecule has 21 heavy (non-hydrogen) atoms. The fourth-order valence-electron chi connectivity index (χ4n) is 2.30. The molecule has 2 fully saturated rings. The topological polar surface area (TPSA) is 58.2 Å². The smallest absolute Gasteiger partial charge is 0.240 e. The van der Waals surface area contributed by atoms with Crippen LogP contribution in [0.15, 0.2) is 23.1 Å². The van der Waals surface area contributed by atoms with Crippen molar-refractivity contribution < 1.29 is 8.42 Å². The molecule has 0 radical (unpaired) electrons. The molecule has 0 aromatic heterocycles. The minimum absolute atomic E-state index is 0.0370. The van der Waals surface area contributed by atoms with Gasteiger partial charge in [-0.15, -0.1) is 0 Å². The van der Waals surface area contributed by atoms with Gasteiger partial charge in [0.2, 0.25) is 10.0 Å². The second-order valence-corrected chi connectivity index (χ2v) is 8.86. The van der Waals surface area contributed by atoms with Crippen molar-refractivity contribution >= 4 is 33.4 Å². The molecule has 2 N–H and O–H groups in total. The number of hydrogen-bond donors (Lipinski definition) is 2. The molecule has 1 aromatic rings. The average Bonchev–Trinajstić information content (AvgIpc) is 3.14. The second kappa shape index (κ2) is 6.46. The SMILES string of the molecule is O=S(=O)(NC1CCSC1)c1ccc(CNC2CC2)c(Cl)c1. The summed E-state index contributed by atoms with van der Waals surface area (Å²) in [6.45, 7) is 0.691. The number of sulfonamides is 1. The summed E-state index contributed by atoms with van der Waals surface area (Å²) in [4.78, 5) is 0.250. The minimum Gasteiger partial charge on any atom is -0.310 e. The molecule has 1 heterocycles. The lowest BCUT2D eigenvalue weighted by Gasteiger charge is -2.13. The summed E-state index contributed by atoms with van der Waals surface area (Å²) in [5.74, 6) is 1.86. The zero-order valence-corrected chi connectivity index (χ0v) is 14.0.